The van der Waals surface area contributed by atoms with E-state index in [4.69, 9.17) is 10.5 Å². The Balaban J connectivity index is 1.25. The van der Waals surface area contributed by atoms with Crippen molar-refractivity contribution in [3.05, 3.63) is 81.9 Å². The molecule has 0 saturated carbocycles. The average molecular weight is 470 g/mol. The van der Waals surface area contributed by atoms with Gasteiger partial charge in [0.1, 0.15) is 5.39 Å². The van der Waals surface area contributed by atoms with E-state index in [0.717, 1.165) is 32.4 Å². The van der Waals surface area contributed by atoms with Gasteiger partial charge in [-0.05, 0) is 41.9 Å². The third-order valence-corrected chi connectivity index (χ3v) is 7.61. The molecule has 6 rings (SSSR count). The summed E-state index contributed by atoms with van der Waals surface area (Å²) in [6, 6.07) is 13.9. The van der Waals surface area contributed by atoms with Crippen molar-refractivity contribution in [3.63, 3.8) is 0 Å². The lowest BCUT2D eigenvalue weighted by Gasteiger charge is -2.42. The van der Waals surface area contributed by atoms with Crippen LogP contribution in [0.1, 0.15) is 41.4 Å². The molecule has 3 aromatic heterocycles. The van der Waals surface area contributed by atoms with Crippen LogP contribution in [0.4, 0.5) is 5.95 Å². The molecular formula is C26H27N7O2. The number of hydrogen-bond donors (Lipinski definition) is 3. The molecule has 178 valence electrons. The van der Waals surface area contributed by atoms with Gasteiger partial charge < -0.3 is 15.4 Å². The Bertz CT molecular complexity index is 1500. The van der Waals surface area contributed by atoms with Crippen LogP contribution < -0.4 is 20.9 Å². The molecule has 1 aliphatic heterocycles. The second-order valence-electron chi connectivity index (χ2n) is 9.43. The number of H-pyrrole nitrogens is 2. The van der Waals surface area contributed by atoms with Crippen molar-refractivity contribution < 1.29 is 4.74 Å². The van der Waals surface area contributed by atoms with Crippen molar-refractivity contribution in [2.45, 2.75) is 25.3 Å². The van der Waals surface area contributed by atoms with Crippen LogP contribution in [0, 0.1) is 5.41 Å². The Morgan fingerprint density at radius 1 is 1.17 bits per heavy atom. The Kier molecular flexibility index (Phi) is 4.96. The molecule has 1 aliphatic carbocycles. The Morgan fingerprint density at radius 3 is 2.74 bits per heavy atom. The van der Waals surface area contributed by atoms with Gasteiger partial charge in [-0.15, -0.1) is 0 Å². The lowest BCUT2D eigenvalue weighted by Crippen LogP contribution is -2.45. The third kappa shape index (κ3) is 3.42. The van der Waals surface area contributed by atoms with Crippen molar-refractivity contribution in [1.29, 1.82) is 0 Å². The van der Waals surface area contributed by atoms with Gasteiger partial charge in [0.2, 0.25) is 11.8 Å². The second-order valence-corrected chi connectivity index (χ2v) is 9.43. The van der Waals surface area contributed by atoms with E-state index >= 15 is 0 Å². The second kappa shape index (κ2) is 8.06. The third-order valence-electron chi connectivity index (χ3n) is 7.61. The summed E-state index contributed by atoms with van der Waals surface area (Å²) in [7, 11) is 1.55. The van der Waals surface area contributed by atoms with E-state index < -0.39 is 0 Å². The van der Waals surface area contributed by atoms with E-state index in [9.17, 15) is 4.79 Å². The number of anilines is 1. The maximum absolute atomic E-state index is 13.1. The molecule has 1 fully saturated rings. The highest BCUT2D eigenvalue weighted by Gasteiger charge is 2.46. The quantitative estimate of drug-likeness (QED) is 0.419. The minimum absolute atomic E-state index is 0.0421. The molecule has 4 N–H and O–H groups in total. The molecule has 2 aliphatic rings. The average Bonchev–Trinajstić information content (AvgIpc) is 3.44. The van der Waals surface area contributed by atoms with Crippen LogP contribution in [0.25, 0.3) is 16.6 Å². The van der Waals surface area contributed by atoms with Crippen LogP contribution in [0.15, 0.2) is 53.8 Å². The van der Waals surface area contributed by atoms with Crippen molar-refractivity contribution in [1.82, 2.24) is 25.1 Å². The first-order valence-corrected chi connectivity index (χ1v) is 11.8. The first-order valence-electron chi connectivity index (χ1n) is 11.8. The van der Waals surface area contributed by atoms with E-state index in [1.165, 1.54) is 11.1 Å². The number of rotatable bonds is 4. The molecular weight excluding hydrogens is 442 g/mol. The predicted octanol–water partition coefficient (Wildman–Crippen LogP) is 2.95. The van der Waals surface area contributed by atoms with Crippen molar-refractivity contribution in [3.8, 4) is 5.88 Å². The predicted molar refractivity (Wildman–Crippen MR) is 134 cm³/mol. The summed E-state index contributed by atoms with van der Waals surface area (Å²) < 4.78 is 5.20. The van der Waals surface area contributed by atoms with Gasteiger partial charge in [-0.1, -0.05) is 36.9 Å². The van der Waals surface area contributed by atoms with Gasteiger partial charge in [-0.3, -0.25) is 14.9 Å². The van der Waals surface area contributed by atoms with Crippen molar-refractivity contribution in [2.24, 2.45) is 11.1 Å². The summed E-state index contributed by atoms with van der Waals surface area (Å²) in [4.78, 5) is 27.3. The number of nitrogens with zero attached hydrogens (tertiary/aromatic N) is 4. The van der Waals surface area contributed by atoms with E-state index in [1.54, 1.807) is 13.2 Å². The van der Waals surface area contributed by atoms with E-state index in [2.05, 4.69) is 60.9 Å². The first-order chi connectivity index (χ1) is 17.0. The van der Waals surface area contributed by atoms with Crippen LogP contribution in [0.5, 0.6) is 5.88 Å². The zero-order chi connectivity index (χ0) is 24.2. The number of nitrogens with two attached hydrogens (primary N) is 1. The van der Waals surface area contributed by atoms with Crippen LogP contribution in [0.3, 0.4) is 0 Å². The summed E-state index contributed by atoms with van der Waals surface area (Å²) in [6.07, 6.45) is 2.88. The number of ether oxygens (including phenoxy) is 1. The Labute approximate surface area is 202 Å². The summed E-state index contributed by atoms with van der Waals surface area (Å²) in [5.74, 6) is 0.999. The molecule has 0 amide bonds. The van der Waals surface area contributed by atoms with Gasteiger partial charge in [-0.25, -0.2) is 4.98 Å². The molecule has 0 bridgehead atoms. The summed E-state index contributed by atoms with van der Waals surface area (Å²) in [5.41, 5.74) is 11.1. The number of nitrogens with one attached hydrogen (secondary N) is 2. The smallest absolute Gasteiger partial charge is 0.264 e. The lowest BCUT2D eigenvalue weighted by molar-refractivity contribution is 0.187. The molecule has 1 saturated heterocycles. The largest absolute Gasteiger partial charge is 0.481 e. The molecule has 1 atom stereocenters. The SMILES string of the molecule is C=C(c1cccc(OC)n1)c1[nH]nc2nc(N3CCC4(CC3)Cc3ccccc3[C@H]4N)[nH]c(=O)c12. The van der Waals surface area contributed by atoms with Crippen LogP contribution >= 0.6 is 0 Å². The maximum Gasteiger partial charge on any atom is 0.264 e. The van der Waals surface area contributed by atoms with Gasteiger partial charge in [0.25, 0.3) is 5.56 Å². The monoisotopic (exact) mass is 469 g/mol. The first kappa shape index (κ1) is 21.5. The lowest BCUT2D eigenvalue weighted by atomic mass is 9.73. The van der Waals surface area contributed by atoms with Gasteiger partial charge in [0.15, 0.2) is 5.65 Å². The fourth-order valence-electron chi connectivity index (χ4n) is 5.58. The number of fused-ring (bicyclic) bond motifs is 2. The highest BCUT2D eigenvalue weighted by Crippen LogP contribution is 2.50. The summed E-state index contributed by atoms with van der Waals surface area (Å²) in [5, 5.41) is 7.61. The number of hydrogen-bond acceptors (Lipinski definition) is 7. The molecule has 9 nitrogen and oxygen atoms in total. The Morgan fingerprint density at radius 2 is 1.97 bits per heavy atom. The van der Waals surface area contributed by atoms with Crippen molar-refractivity contribution >= 4 is 22.6 Å². The molecule has 0 unspecified atom stereocenters. The van der Waals surface area contributed by atoms with Crippen LogP contribution in [0.2, 0.25) is 0 Å². The number of aromatic nitrogens is 5. The fraction of sp³-hybridized carbons (Fsp3) is 0.308. The van der Waals surface area contributed by atoms with Gasteiger partial charge in [0.05, 0.1) is 18.5 Å². The fourth-order valence-corrected chi connectivity index (χ4v) is 5.58. The number of aromatic amines is 2. The normalized spacial score (nSPS) is 18.7. The van der Waals surface area contributed by atoms with Crippen molar-refractivity contribution in [2.75, 3.05) is 25.1 Å². The molecule has 1 spiro atoms. The van der Waals surface area contributed by atoms with Gasteiger partial charge in [0, 0.05) is 30.8 Å². The molecule has 4 aromatic rings. The number of pyridine rings is 1. The molecule has 35 heavy (non-hydrogen) atoms. The number of benzene rings is 1. The minimum atomic E-state index is -0.261. The van der Waals surface area contributed by atoms with Gasteiger partial charge in [-0.2, -0.15) is 10.1 Å². The molecule has 9 heteroatoms. The molecule has 1 aromatic carbocycles. The highest BCUT2D eigenvalue weighted by molar-refractivity contribution is 5.91. The summed E-state index contributed by atoms with van der Waals surface area (Å²) in [6.45, 7) is 5.66. The zero-order valence-electron chi connectivity index (χ0n) is 19.5. The number of methoxy groups -OCH3 is 1. The van der Waals surface area contributed by atoms with E-state index in [-0.39, 0.29) is 17.0 Å². The minimum Gasteiger partial charge on any atom is -0.481 e. The van der Waals surface area contributed by atoms with Gasteiger partial charge >= 0.3 is 0 Å². The van der Waals surface area contributed by atoms with E-state index in [0.29, 0.717) is 39.8 Å². The highest BCUT2D eigenvalue weighted by atomic mass is 16.5. The molecule has 0 radical (unpaired) electrons. The zero-order valence-corrected chi connectivity index (χ0v) is 19.5. The van der Waals surface area contributed by atoms with Crippen LogP contribution in [-0.2, 0) is 6.42 Å². The Hall–Kier alpha value is -3.98. The maximum atomic E-state index is 13.1. The molecule has 4 heterocycles. The van der Waals surface area contributed by atoms with E-state index in [1.807, 2.05) is 12.1 Å². The summed E-state index contributed by atoms with van der Waals surface area (Å²) >= 11 is 0. The number of piperidine rings is 1. The van der Waals surface area contributed by atoms with Crippen LogP contribution in [-0.4, -0.2) is 45.3 Å². The standard InChI is InChI=1S/C26H27N7O2/c1-15(18-8-5-9-19(28-18)35-2)21-20-23(32-31-21)29-25(30-24(20)34)33-12-10-26(11-13-33)14-16-6-3-4-7-17(16)22(26)27/h3-9,22H,1,10-14,27H2,2H3,(H2,29,30,31,32,34)/t22-/m1/s1. The topological polar surface area (TPSA) is 126 Å².